The van der Waals surface area contributed by atoms with Gasteiger partial charge in [0.25, 0.3) is 0 Å². The van der Waals surface area contributed by atoms with E-state index in [4.69, 9.17) is 14.2 Å². The summed E-state index contributed by atoms with van der Waals surface area (Å²) in [5.41, 5.74) is 2.53. The number of benzene rings is 3. The van der Waals surface area contributed by atoms with Crippen LogP contribution in [0.15, 0.2) is 71.6 Å². The molecule has 6 rings (SSSR count). The topological polar surface area (TPSA) is 65.1 Å². The second-order valence-electron chi connectivity index (χ2n) is 8.38. The van der Waals surface area contributed by atoms with Crippen molar-refractivity contribution in [1.29, 1.82) is 0 Å². The SMILES string of the molecule is O=C1CC[C@]2(C(=O)OCc3cc(F)cc4c3O[C@H](c3ccccc3)OC4)Sc3ccccc3N12. The molecule has 0 unspecified atom stereocenters. The van der Waals surface area contributed by atoms with E-state index in [0.717, 1.165) is 16.1 Å². The standard InChI is InChI=1S/C26H20FNO5S/c27-19-12-17-14-31-24(16-6-2-1-3-7-16)33-23(17)18(13-19)15-32-25(30)26-11-10-22(29)28(26)20-8-4-5-9-21(20)34-26/h1-9,12-13,24H,10-11,14-15H2/t24-,26-/m1/s1. The van der Waals surface area contributed by atoms with Gasteiger partial charge in [0, 0.05) is 34.4 Å². The van der Waals surface area contributed by atoms with Crippen LogP contribution in [0.5, 0.6) is 5.75 Å². The number of esters is 1. The third-order valence-electron chi connectivity index (χ3n) is 6.25. The van der Waals surface area contributed by atoms with Gasteiger partial charge in [0.2, 0.25) is 12.2 Å². The second kappa shape index (κ2) is 8.14. The first-order chi connectivity index (χ1) is 16.5. The molecule has 3 aliphatic heterocycles. The van der Waals surface area contributed by atoms with Gasteiger partial charge in [0.15, 0.2) is 4.87 Å². The molecule has 8 heteroatoms. The summed E-state index contributed by atoms with van der Waals surface area (Å²) in [5.74, 6) is -0.643. The molecule has 0 radical (unpaired) electrons. The zero-order valence-corrected chi connectivity index (χ0v) is 18.8. The van der Waals surface area contributed by atoms with Gasteiger partial charge in [0.1, 0.15) is 18.2 Å². The van der Waals surface area contributed by atoms with Gasteiger partial charge in [-0.3, -0.25) is 9.69 Å². The van der Waals surface area contributed by atoms with Crippen molar-refractivity contribution < 1.29 is 28.2 Å². The van der Waals surface area contributed by atoms with Crippen LogP contribution in [0.2, 0.25) is 0 Å². The first-order valence-electron chi connectivity index (χ1n) is 11.0. The Hall–Kier alpha value is -3.36. The van der Waals surface area contributed by atoms with E-state index in [1.54, 1.807) is 4.90 Å². The summed E-state index contributed by atoms with van der Waals surface area (Å²) in [7, 11) is 0. The number of fused-ring (bicyclic) bond motifs is 4. The van der Waals surface area contributed by atoms with Crippen molar-refractivity contribution in [3.05, 3.63) is 89.2 Å². The van der Waals surface area contributed by atoms with Crippen LogP contribution in [-0.2, 0) is 32.3 Å². The summed E-state index contributed by atoms with van der Waals surface area (Å²) in [6, 6.07) is 19.6. The zero-order valence-electron chi connectivity index (χ0n) is 18.0. The Morgan fingerprint density at radius 3 is 2.79 bits per heavy atom. The number of carbonyl (C=O) groups excluding carboxylic acids is 2. The highest BCUT2D eigenvalue weighted by atomic mass is 32.2. The summed E-state index contributed by atoms with van der Waals surface area (Å²) in [4.78, 5) is 27.3. The van der Waals surface area contributed by atoms with E-state index in [2.05, 4.69) is 0 Å². The molecule has 1 fully saturated rings. The quantitative estimate of drug-likeness (QED) is 0.487. The van der Waals surface area contributed by atoms with Crippen molar-refractivity contribution in [3.63, 3.8) is 0 Å². The number of halogens is 1. The highest BCUT2D eigenvalue weighted by molar-refractivity contribution is 8.02. The van der Waals surface area contributed by atoms with Crippen LogP contribution in [0.4, 0.5) is 10.1 Å². The lowest BCUT2D eigenvalue weighted by molar-refractivity contribution is -0.148. The van der Waals surface area contributed by atoms with Gasteiger partial charge in [-0.2, -0.15) is 0 Å². The van der Waals surface area contributed by atoms with Crippen molar-refractivity contribution in [1.82, 2.24) is 0 Å². The molecule has 0 bridgehead atoms. The van der Waals surface area contributed by atoms with E-state index in [1.165, 1.54) is 23.9 Å². The molecule has 0 aliphatic carbocycles. The third kappa shape index (κ3) is 3.36. The van der Waals surface area contributed by atoms with Crippen molar-refractivity contribution in [2.45, 2.75) is 42.1 Å². The van der Waals surface area contributed by atoms with Crippen LogP contribution in [0.25, 0.3) is 0 Å². The molecule has 0 aromatic heterocycles. The number of anilines is 1. The molecular formula is C26H20FNO5S. The number of hydrogen-bond donors (Lipinski definition) is 0. The molecule has 1 saturated heterocycles. The molecule has 1 amide bonds. The fraction of sp³-hybridized carbons (Fsp3) is 0.231. The summed E-state index contributed by atoms with van der Waals surface area (Å²) in [5, 5.41) is 0. The summed E-state index contributed by atoms with van der Waals surface area (Å²) in [6.45, 7) is -0.00784. The lowest BCUT2D eigenvalue weighted by Gasteiger charge is -2.30. The Morgan fingerprint density at radius 2 is 1.94 bits per heavy atom. The van der Waals surface area contributed by atoms with Gasteiger partial charge >= 0.3 is 5.97 Å². The molecule has 34 heavy (non-hydrogen) atoms. The third-order valence-corrected chi connectivity index (χ3v) is 7.70. The largest absolute Gasteiger partial charge is 0.460 e. The fourth-order valence-corrected chi connectivity index (χ4v) is 6.10. The van der Waals surface area contributed by atoms with E-state index >= 15 is 0 Å². The van der Waals surface area contributed by atoms with Gasteiger partial charge in [-0.25, -0.2) is 9.18 Å². The van der Waals surface area contributed by atoms with Crippen LogP contribution < -0.4 is 9.64 Å². The molecule has 3 aromatic rings. The average molecular weight is 478 g/mol. The predicted molar refractivity (Wildman–Crippen MR) is 123 cm³/mol. The van der Waals surface area contributed by atoms with Crippen LogP contribution in [0.1, 0.15) is 35.8 Å². The van der Waals surface area contributed by atoms with Crippen molar-refractivity contribution >= 4 is 29.3 Å². The highest BCUT2D eigenvalue weighted by Gasteiger charge is 2.58. The van der Waals surface area contributed by atoms with E-state index in [1.807, 2.05) is 54.6 Å². The molecule has 3 heterocycles. The minimum Gasteiger partial charge on any atom is -0.460 e. The second-order valence-corrected chi connectivity index (χ2v) is 9.70. The first kappa shape index (κ1) is 21.2. The zero-order chi connectivity index (χ0) is 23.3. The van der Waals surface area contributed by atoms with Crippen molar-refractivity contribution in [3.8, 4) is 5.75 Å². The first-order valence-corrected chi connectivity index (χ1v) is 11.8. The number of para-hydroxylation sites is 1. The van der Waals surface area contributed by atoms with Gasteiger partial charge < -0.3 is 14.2 Å². The van der Waals surface area contributed by atoms with Gasteiger partial charge in [-0.05, 0) is 24.3 Å². The molecule has 172 valence electrons. The van der Waals surface area contributed by atoms with Crippen LogP contribution >= 0.6 is 11.8 Å². The van der Waals surface area contributed by atoms with Crippen molar-refractivity contribution in [2.24, 2.45) is 0 Å². The molecule has 3 aliphatic rings. The van der Waals surface area contributed by atoms with E-state index < -0.39 is 22.9 Å². The molecule has 0 saturated carbocycles. The molecule has 2 atom stereocenters. The van der Waals surface area contributed by atoms with Crippen molar-refractivity contribution in [2.75, 3.05) is 4.90 Å². The Kier molecular flexibility index (Phi) is 5.08. The Labute approximate surface area is 199 Å². The number of ether oxygens (including phenoxy) is 3. The van der Waals surface area contributed by atoms with E-state index in [0.29, 0.717) is 23.3 Å². The Balaban J connectivity index is 1.25. The highest BCUT2D eigenvalue weighted by Crippen LogP contribution is 2.56. The van der Waals surface area contributed by atoms with Crippen LogP contribution in [-0.4, -0.2) is 16.7 Å². The minimum absolute atomic E-state index is 0.108. The average Bonchev–Trinajstić information content (AvgIpc) is 3.38. The monoisotopic (exact) mass is 477 g/mol. The molecule has 0 spiro atoms. The number of carbonyl (C=O) groups is 2. The maximum Gasteiger partial charge on any atom is 0.343 e. The Bertz CT molecular complexity index is 1300. The molecule has 6 nitrogen and oxygen atoms in total. The minimum atomic E-state index is -1.13. The van der Waals surface area contributed by atoms with Gasteiger partial charge in [0.05, 0.1) is 12.3 Å². The predicted octanol–water partition coefficient (Wildman–Crippen LogP) is 5.11. The van der Waals surface area contributed by atoms with Crippen LogP contribution in [0.3, 0.4) is 0 Å². The lowest BCUT2D eigenvalue weighted by atomic mass is 10.1. The lowest BCUT2D eigenvalue weighted by Crippen LogP contribution is -2.47. The van der Waals surface area contributed by atoms with E-state index in [-0.39, 0.29) is 25.5 Å². The van der Waals surface area contributed by atoms with E-state index in [9.17, 15) is 14.0 Å². The summed E-state index contributed by atoms with van der Waals surface area (Å²) >= 11 is 1.34. The normalized spacial score (nSPS) is 22.6. The number of amides is 1. The smallest absolute Gasteiger partial charge is 0.343 e. The van der Waals surface area contributed by atoms with Gasteiger partial charge in [-0.1, -0.05) is 54.2 Å². The number of thioether (sulfide) groups is 1. The molecular weight excluding hydrogens is 457 g/mol. The molecule has 3 aromatic carbocycles. The number of nitrogens with zero attached hydrogens (tertiary/aromatic N) is 1. The maximum atomic E-state index is 14.3. The number of hydrogen-bond acceptors (Lipinski definition) is 6. The number of rotatable bonds is 4. The fourth-order valence-electron chi connectivity index (χ4n) is 4.69. The summed E-state index contributed by atoms with van der Waals surface area (Å²) in [6.07, 6.45) is -0.0218. The Morgan fingerprint density at radius 1 is 1.15 bits per heavy atom. The summed E-state index contributed by atoms with van der Waals surface area (Å²) < 4.78 is 31.9. The van der Waals surface area contributed by atoms with Gasteiger partial charge in [-0.15, -0.1) is 0 Å². The molecule has 0 N–H and O–H groups in total. The van der Waals surface area contributed by atoms with Crippen LogP contribution in [0, 0.1) is 5.82 Å². The maximum absolute atomic E-state index is 14.3.